The van der Waals surface area contributed by atoms with Crippen molar-refractivity contribution >= 4 is 11.9 Å². The molecule has 4 aliphatic carbocycles. The van der Waals surface area contributed by atoms with Crippen LogP contribution in [-0.2, 0) is 9.59 Å². The minimum absolute atomic E-state index is 0.0555. The zero-order valence-corrected chi connectivity index (χ0v) is 11.0. The summed E-state index contributed by atoms with van der Waals surface area (Å²) in [5.74, 6) is 2.30. The molecular weight excluding hydrogens is 242 g/mol. The normalized spacial score (nSPS) is 50.0. The third-order valence-corrected chi connectivity index (χ3v) is 6.20. The van der Waals surface area contributed by atoms with Gasteiger partial charge in [0.15, 0.2) is 0 Å². The molecule has 6 atom stereocenters. The molecule has 4 unspecified atom stereocenters. The van der Waals surface area contributed by atoms with Gasteiger partial charge in [-0.1, -0.05) is 0 Å². The summed E-state index contributed by atoms with van der Waals surface area (Å²) < 4.78 is 0. The molecular formula is C15H21NO3. The van der Waals surface area contributed by atoms with E-state index in [1.54, 1.807) is 0 Å². The summed E-state index contributed by atoms with van der Waals surface area (Å²) in [6, 6.07) is 0.433. The molecule has 4 rings (SSSR count). The maximum Gasteiger partial charge on any atom is 0.306 e. The summed E-state index contributed by atoms with van der Waals surface area (Å²) in [5, 5.41) is 12.2. The lowest BCUT2D eigenvalue weighted by atomic mass is 10.0. The van der Waals surface area contributed by atoms with Crippen LogP contribution in [0.5, 0.6) is 0 Å². The van der Waals surface area contributed by atoms with Gasteiger partial charge in [-0.05, 0) is 62.2 Å². The smallest absolute Gasteiger partial charge is 0.306 e. The second kappa shape index (κ2) is 3.97. The van der Waals surface area contributed by atoms with Gasteiger partial charge in [-0.25, -0.2) is 0 Å². The minimum Gasteiger partial charge on any atom is -0.481 e. The van der Waals surface area contributed by atoms with Crippen molar-refractivity contribution in [2.75, 3.05) is 0 Å². The fourth-order valence-corrected chi connectivity index (χ4v) is 5.24. The number of nitrogens with one attached hydrogen (secondary N) is 1. The third kappa shape index (κ3) is 1.72. The summed E-state index contributed by atoms with van der Waals surface area (Å²) in [4.78, 5) is 23.2. The second-order valence-corrected chi connectivity index (χ2v) is 7.07. The fourth-order valence-electron chi connectivity index (χ4n) is 5.24. The number of rotatable bonds is 3. The Morgan fingerprint density at radius 3 is 2.11 bits per heavy atom. The molecule has 0 aromatic rings. The first-order valence-electron chi connectivity index (χ1n) is 7.68. The first-order valence-corrected chi connectivity index (χ1v) is 7.68. The quantitative estimate of drug-likeness (QED) is 0.813. The zero-order valence-electron chi connectivity index (χ0n) is 11.0. The standard InChI is InChI=1S/C15H21NO3/c17-14(9-3-4-10(6-9)15(18)19)16-13-11-7-1-2-8(5-7)12(11)13/h7-13H,1-6H2,(H,16,17)(H,18,19)/t7?,8?,9-,10+,11?,12?,13?/m1/s1. The van der Waals surface area contributed by atoms with E-state index < -0.39 is 5.97 Å². The highest BCUT2D eigenvalue weighted by molar-refractivity contribution is 5.81. The molecule has 4 fully saturated rings. The lowest BCUT2D eigenvalue weighted by Crippen LogP contribution is -2.34. The maximum atomic E-state index is 12.2. The van der Waals surface area contributed by atoms with Crippen LogP contribution in [-0.4, -0.2) is 23.0 Å². The zero-order chi connectivity index (χ0) is 13.1. The van der Waals surface area contributed by atoms with E-state index in [4.69, 9.17) is 5.11 Å². The van der Waals surface area contributed by atoms with Gasteiger partial charge in [0.05, 0.1) is 5.92 Å². The van der Waals surface area contributed by atoms with E-state index in [1.165, 1.54) is 19.3 Å². The SMILES string of the molecule is O=C(O)[C@H]1CC[C@@H](C(=O)NC2C3C4CCC(C4)C23)C1. The molecule has 4 aliphatic rings. The van der Waals surface area contributed by atoms with Gasteiger partial charge in [0, 0.05) is 12.0 Å². The third-order valence-electron chi connectivity index (χ3n) is 6.20. The van der Waals surface area contributed by atoms with Crippen molar-refractivity contribution in [1.29, 1.82) is 0 Å². The number of carboxylic acid groups (broad SMARTS) is 1. The van der Waals surface area contributed by atoms with E-state index in [2.05, 4.69) is 5.32 Å². The van der Waals surface area contributed by atoms with E-state index in [9.17, 15) is 9.59 Å². The molecule has 19 heavy (non-hydrogen) atoms. The average molecular weight is 263 g/mol. The summed E-state index contributed by atoms with van der Waals surface area (Å²) in [7, 11) is 0. The van der Waals surface area contributed by atoms with Gasteiger partial charge in [-0.15, -0.1) is 0 Å². The van der Waals surface area contributed by atoms with E-state index >= 15 is 0 Å². The molecule has 2 N–H and O–H groups in total. The fraction of sp³-hybridized carbons (Fsp3) is 0.867. The van der Waals surface area contributed by atoms with Crippen LogP contribution in [0.4, 0.5) is 0 Å². The maximum absolute atomic E-state index is 12.2. The molecule has 2 bridgehead atoms. The highest BCUT2D eigenvalue weighted by Crippen LogP contribution is 2.65. The van der Waals surface area contributed by atoms with Crippen molar-refractivity contribution in [3.8, 4) is 0 Å². The van der Waals surface area contributed by atoms with Crippen LogP contribution in [0.2, 0.25) is 0 Å². The molecule has 0 saturated heterocycles. The largest absolute Gasteiger partial charge is 0.481 e. The molecule has 4 nitrogen and oxygen atoms in total. The van der Waals surface area contributed by atoms with Gasteiger partial charge < -0.3 is 10.4 Å². The van der Waals surface area contributed by atoms with Crippen molar-refractivity contribution in [2.45, 2.75) is 44.6 Å². The molecule has 0 aromatic heterocycles. The van der Waals surface area contributed by atoms with Gasteiger partial charge in [0.25, 0.3) is 0 Å². The van der Waals surface area contributed by atoms with Gasteiger partial charge in [-0.3, -0.25) is 9.59 Å². The van der Waals surface area contributed by atoms with Crippen molar-refractivity contribution < 1.29 is 14.7 Å². The van der Waals surface area contributed by atoms with Crippen LogP contribution in [0.25, 0.3) is 0 Å². The van der Waals surface area contributed by atoms with E-state index in [0.717, 1.165) is 30.1 Å². The number of carbonyl (C=O) groups excluding carboxylic acids is 1. The van der Waals surface area contributed by atoms with E-state index in [0.29, 0.717) is 18.9 Å². The van der Waals surface area contributed by atoms with Crippen LogP contribution in [0.3, 0.4) is 0 Å². The molecule has 1 amide bonds. The van der Waals surface area contributed by atoms with Crippen molar-refractivity contribution in [3.05, 3.63) is 0 Å². The molecule has 0 radical (unpaired) electrons. The molecule has 0 spiro atoms. The number of aliphatic carboxylic acids is 1. The van der Waals surface area contributed by atoms with Crippen LogP contribution in [0, 0.1) is 35.5 Å². The second-order valence-electron chi connectivity index (χ2n) is 7.07. The lowest BCUT2D eigenvalue weighted by Gasteiger charge is -2.14. The van der Waals surface area contributed by atoms with Crippen LogP contribution in [0.1, 0.15) is 38.5 Å². The Morgan fingerprint density at radius 2 is 1.53 bits per heavy atom. The Kier molecular flexibility index (Phi) is 2.45. The van der Waals surface area contributed by atoms with Gasteiger partial charge in [0.2, 0.25) is 5.91 Å². The Balaban J connectivity index is 1.33. The average Bonchev–Trinajstić information content (AvgIpc) is 2.87. The Morgan fingerprint density at radius 1 is 0.895 bits per heavy atom. The van der Waals surface area contributed by atoms with Crippen LogP contribution >= 0.6 is 0 Å². The number of carboxylic acids is 1. The van der Waals surface area contributed by atoms with Gasteiger partial charge in [0.1, 0.15) is 0 Å². The molecule has 4 saturated carbocycles. The predicted octanol–water partition coefficient (Wildman–Crippen LogP) is 1.65. The number of amides is 1. The summed E-state index contributed by atoms with van der Waals surface area (Å²) in [6.45, 7) is 0. The Bertz CT molecular complexity index is 419. The first kappa shape index (κ1) is 11.7. The van der Waals surface area contributed by atoms with Crippen molar-refractivity contribution in [1.82, 2.24) is 5.32 Å². The summed E-state index contributed by atoms with van der Waals surface area (Å²) >= 11 is 0. The van der Waals surface area contributed by atoms with Crippen LogP contribution < -0.4 is 5.32 Å². The van der Waals surface area contributed by atoms with E-state index in [1.807, 2.05) is 0 Å². The number of carbonyl (C=O) groups is 2. The molecule has 0 heterocycles. The highest BCUT2D eigenvalue weighted by Gasteiger charge is 2.65. The monoisotopic (exact) mass is 263 g/mol. The Hall–Kier alpha value is -1.06. The van der Waals surface area contributed by atoms with Crippen molar-refractivity contribution in [2.24, 2.45) is 35.5 Å². The minimum atomic E-state index is -0.739. The highest BCUT2D eigenvalue weighted by atomic mass is 16.4. The predicted molar refractivity (Wildman–Crippen MR) is 68.2 cm³/mol. The molecule has 0 aromatic carbocycles. The molecule has 0 aliphatic heterocycles. The first-order chi connectivity index (χ1) is 9.15. The van der Waals surface area contributed by atoms with Crippen molar-refractivity contribution in [3.63, 3.8) is 0 Å². The topological polar surface area (TPSA) is 66.4 Å². The van der Waals surface area contributed by atoms with E-state index in [-0.39, 0.29) is 17.7 Å². The molecule has 104 valence electrons. The lowest BCUT2D eigenvalue weighted by molar-refractivity contribution is -0.141. The number of hydrogen-bond donors (Lipinski definition) is 2. The number of fused-ring (bicyclic) bond motifs is 5. The summed E-state index contributed by atoms with van der Waals surface area (Å²) in [6.07, 6.45) is 6.07. The summed E-state index contributed by atoms with van der Waals surface area (Å²) in [5.41, 5.74) is 0. The van der Waals surface area contributed by atoms with Gasteiger partial charge in [-0.2, -0.15) is 0 Å². The number of hydrogen-bond acceptors (Lipinski definition) is 2. The molecule has 4 heteroatoms. The Labute approximate surface area is 112 Å². The van der Waals surface area contributed by atoms with Crippen LogP contribution in [0.15, 0.2) is 0 Å². The van der Waals surface area contributed by atoms with Gasteiger partial charge >= 0.3 is 5.97 Å².